The summed E-state index contributed by atoms with van der Waals surface area (Å²) in [5.74, 6) is 0.548. The van der Waals surface area contributed by atoms with Crippen molar-refractivity contribution in [1.82, 2.24) is 0 Å². The molecule has 0 fully saturated rings. The average molecular weight is 168 g/mol. The van der Waals surface area contributed by atoms with Crippen molar-refractivity contribution in [2.24, 2.45) is 5.92 Å². The fourth-order valence-electron chi connectivity index (χ4n) is 0.944. The quantitative estimate of drug-likeness (QED) is 0.640. The maximum atomic E-state index is 8.67. The van der Waals surface area contributed by atoms with Gasteiger partial charge in [-0.2, -0.15) is 0 Å². The predicted octanol–water partition coefficient (Wildman–Crippen LogP) is 2.92. The molecule has 0 saturated carbocycles. The molecule has 0 rings (SSSR count). The van der Waals surface area contributed by atoms with Crippen LogP contribution in [0.5, 0.6) is 0 Å². The molecule has 0 aliphatic heterocycles. The van der Waals surface area contributed by atoms with E-state index in [2.05, 4.69) is 33.8 Å². The van der Waals surface area contributed by atoms with Gasteiger partial charge in [0.05, 0.1) is 6.61 Å². The van der Waals surface area contributed by atoms with E-state index in [-0.39, 0.29) is 6.61 Å². The topological polar surface area (TPSA) is 20.2 Å². The molecule has 0 aromatic carbocycles. The third-order valence-electron chi connectivity index (χ3n) is 2.07. The zero-order chi connectivity index (χ0) is 9.56. The Kier molecular flexibility index (Phi) is 5.73. The van der Waals surface area contributed by atoms with Crippen LogP contribution in [0.15, 0.2) is 23.3 Å². The highest BCUT2D eigenvalue weighted by atomic mass is 16.2. The second-order valence-corrected chi connectivity index (χ2v) is 3.55. The Morgan fingerprint density at radius 3 is 2.25 bits per heavy atom. The number of rotatable bonds is 4. The van der Waals surface area contributed by atoms with Gasteiger partial charge in [0.1, 0.15) is 0 Å². The van der Waals surface area contributed by atoms with Gasteiger partial charge in [-0.25, -0.2) is 0 Å². The molecule has 12 heavy (non-hydrogen) atoms. The van der Waals surface area contributed by atoms with Crippen molar-refractivity contribution in [3.05, 3.63) is 23.3 Å². The largest absolute Gasteiger partial charge is 0.392 e. The summed E-state index contributed by atoms with van der Waals surface area (Å²) in [6, 6.07) is 0. The maximum absolute atomic E-state index is 8.67. The van der Waals surface area contributed by atoms with Crippen molar-refractivity contribution in [2.45, 2.75) is 34.1 Å². The minimum Gasteiger partial charge on any atom is -0.392 e. The smallest absolute Gasteiger partial charge is 0.0615 e. The fourth-order valence-corrected chi connectivity index (χ4v) is 0.944. The molecule has 1 nitrogen and oxygen atoms in total. The van der Waals surface area contributed by atoms with Gasteiger partial charge in [-0.1, -0.05) is 30.2 Å². The molecule has 0 radical (unpaired) electrons. The number of aliphatic hydroxyl groups is 1. The molecule has 0 spiro atoms. The Labute approximate surface area is 75.8 Å². The Morgan fingerprint density at radius 2 is 1.83 bits per heavy atom. The second-order valence-electron chi connectivity index (χ2n) is 3.55. The first-order valence-electron chi connectivity index (χ1n) is 4.48. The predicted molar refractivity (Wildman–Crippen MR) is 54.1 cm³/mol. The van der Waals surface area contributed by atoms with Gasteiger partial charge in [0.2, 0.25) is 0 Å². The summed E-state index contributed by atoms with van der Waals surface area (Å²) in [5, 5.41) is 8.67. The summed E-state index contributed by atoms with van der Waals surface area (Å²) in [5.41, 5.74) is 2.63. The van der Waals surface area contributed by atoms with E-state index in [9.17, 15) is 0 Å². The zero-order valence-electron chi connectivity index (χ0n) is 8.59. The Balaban J connectivity index is 3.95. The minimum atomic E-state index is 0.158. The number of hydrogen-bond donors (Lipinski definition) is 1. The molecule has 1 atom stereocenters. The molecule has 0 aromatic rings. The molecule has 70 valence electrons. The first-order chi connectivity index (χ1) is 5.57. The Bertz CT molecular complexity index is 173. The lowest BCUT2D eigenvalue weighted by Gasteiger charge is -2.09. The molecule has 1 heteroatoms. The molecule has 0 aliphatic carbocycles. The SMILES string of the molecule is CC(C)=CCC(C)/C(C)=C\CO. The second kappa shape index (κ2) is 6.01. The molecule has 1 N–H and O–H groups in total. The van der Waals surface area contributed by atoms with E-state index < -0.39 is 0 Å². The van der Waals surface area contributed by atoms with Crippen LogP contribution in [0.4, 0.5) is 0 Å². The lowest BCUT2D eigenvalue weighted by Crippen LogP contribution is -1.95. The van der Waals surface area contributed by atoms with Crippen molar-refractivity contribution in [1.29, 1.82) is 0 Å². The summed E-state index contributed by atoms with van der Waals surface area (Å²) >= 11 is 0. The molecule has 0 bridgehead atoms. The van der Waals surface area contributed by atoms with E-state index in [1.54, 1.807) is 0 Å². The number of aliphatic hydroxyl groups excluding tert-OH is 1. The lowest BCUT2D eigenvalue weighted by atomic mass is 9.98. The molecule has 0 aliphatic rings. The summed E-state index contributed by atoms with van der Waals surface area (Å²) in [6.07, 6.45) is 5.19. The van der Waals surface area contributed by atoms with Gasteiger partial charge in [-0.3, -0.25) is 0 Å². The molecule has 0 saturated heterocycles. The molecule has 1 unspecified atom stereocenters. The van der Waals surface area contributed by atoms with Crippen LogP contribution in [-0.2, 0) is 0 Å². The normalized spacial score (nSPS) is 14.2. The highest BCUT2D eigenvalue weighted by Crippen LogP contribution is 2.14. The standard InChI is InChI=1S/C11H20O/c1-9(2)5-6-10(3)11(4)7-8-12/h5,7,10,12H,6,8H2,1-4H3/b11-7-. The van der Waals surface area contributed by atoms with Crippen molar-refractivity contribution < 1.29 is 5.11 Å². The van der Waals surface area contributed by atoms with E-state index in [1.807, 2.05) is 6.08 Å². The van der Waals surface area contributed by atoms with Crippen LogP contribution in [0.25, 0.3) is 0 Å². The van der Waals surface area contributed by atoms with Gasteiger partial charge in [0.15, 0.2) is 0 Å². The van der Waals surface area contributed by atoms with Crippen LogP contribution in [-0.4, -0.2) is 11.7 Å². The third kappa shape index (κ3) is 5.14. The van der Waals surface area contributed by atoms with E-state index in [4.69, 9.17) is 5.11 Å². The number of allylic oxidation sites excluding steroid dienone is 3. The monoisotopic (exact) mass is 168 g/mol. The maximum Gasteiger partial charge on any atom is 0.0615 e. The zero-order valence-corrected chi connectivity index (χ0v) is 8.59. The Hall–Kier alpha value is -0.560. The van der Waals surface area contributed by atoms with Crippen LogP contribution in [0.3, 0.4) is 0 Å². The van der Waals surface area contributed by atoms with Gasteiger partial charge in [-0.15, -0.1) is 0 Å². The van der Waals surface area contributed by atoms with Crippen molar-refractivity contribution in [3.63, 3.8) is 0 Å². The van der Waals surface area contributed by atoms with Crippen LogP contribution >= 0.6 is 0 Å². The van der Waals surface area contributed by atoms with Crippen molar-refractivity contribution >= 4 is 0 Å². The van der Waals surface area contributed by atoms with Gasteiger partial charge < -0.3 is 5.11 Å². The van der Waals surface area contributed by atoms with Gasteiger partial charge >= 0.3 is 0 Å². The van der Waals surface area contributed by atoms with E-state index in [0.717, 1.165) is 6.42 Å². The van der Waals surface area contributed by atoms with Crippen molar-refractivity contribution in [2.75, 3.05) is 6.61 Å². The van der Waals surface area contributed by atoms with Crippen LogP contribution in [0.1, 0.15) is 34.1 Å². The lowest BCUT2D eigenvalue weighted by molar-refractivity contribution is 0.340. The molecule has 0 aromatic heterocycles. The van der Waals surface area contributed by atoms with E-state index in [1.165, 1.54) is 11.1 Å². The molecule has 0 heterocycles. The van der Waals surface area contributed by atoms with Gasteiger partial charge in [-0.05, 0) is 33.1 Å². The molecular weight excluding hydrogens is 148 g/mol. The van der Waals surface area contributed by atoms with Gasteiger partial charge in [0, 0.05) is 0 Å². The number of hydrogen-bond acceptors (Lipinski definition) is 1. The fraction of sp³-hybridized carbons (Fsp3) is 0.636. The summed E-state index contributed by atoms with van der Waals surface area (Å²) in [6.45, 7) is 8.63. The summed E-state index contributed by atoms with van der Waals surface area (Å²) in [4.78, 5) is 0. The summed E-state index contributed by atoms with van der Waals surface area (Å²) < 4.78 is 0. The first kappa shape index (κ1) is 11.4. The average Bonchev–Trinajstić information content (AvgIpc) is 2.00. The third-order valence-corrected chi connectivity index (χ3v) is 2.07. The van der Waals surface area contributed by atoms with E-state index in [0.29, 0.717) is 5.92 Å². The van der Waals surface area contributed by atoms with Crippen LogP contribution < -0.4 is 0 Å². The Morgan fingerprint density at radius 1 is 1.25 bits per heavy atom. The van der Waals surface area contributed by atoms with Crippen LogP contribution in [0, 0.1) is 5.92 Å². The van der Waals surface area contributed by atoms with Gasteiger partial charge in [0.25, 0.3) is 0 Å². The molecular formula is C11H20O. The van der Waals surface area contributed by atoms with Crippen LogP contribution in [0.2, 0.25) is 0 Å². The highest BCUT2D eigenvalue weighted by molar-refractivity contribution is 5.05. The summed E-state index contributed by atoms with van der Waals surface area (Å²) in [7, 11) is 0. The van der Waals surface area contributed by atoms with Crippen molar-refractivity contribution in [3.8, 4) is 0 Å². The van der Waals surface area contributed by atoms with E-state index >= 15 is 0 Å². The minimum absolute atomic E-state index is 0.158. The first-order valence-corrected chi connectivity index (χ1v) is 4.48. The molecule has 0 amide bonds. The highest BCUT2D eigenvalue weighted by Gasteiger charge is 2.00.